The summed E-state index contributed by atoms with van der Waals surface area (Å²) >= 11 is 0. The smallest absolute Gasteiger partial charge is 0.0195 e. The minimum absolute atomic E-state index is 0. The van der Waals surface area contributed by atoms with Gasteiger partial charge in [-0.3, -0.25) is 0 Å². The number of hydrogen-bond acceptors (Lipinski definition) is 0. The van der Waals surface area contributed by atoms with Gasteiger partial charge in [0.25, 0.3) is 0 Å². The first kappa shape index (κ1) is 21.7. The zero-order valence-electron chi connectivity index (χ0n) is 16.0. The van der Waals surface area contributed by atoms with Gasteiger partial charge in [0.15, 0.2) is 0 Å². The van der Waals surface area contributed by atoms with Crippen LogP contribution in [0.1, 0.15) is 37.7 Å². The first-order valence-corrected chi connectivity index (χ1v) is 11.4. The van der Waals surface area contributed by atoms with Gasteiger partial charge in [-0.05, 0) is 49.5 Å². The summed E-state index contributed by atoms with van der Waals surface area (Å²) in [6.45, 7) is 0. The first-order valence-electron chi connectivity index (χ1n) is 9.85. The van der Waals surface area contributed by atoms with Crippen molar-refractivity contribution in [3.05, 3.63) is 96.6 Å². The average Bonchev–Trinajstić information content (AvgIpc) is 2.72. The number of aryl methyl sites for hydroxylation is 1. The maximum Gasteiger partial charge on any atom is -0.0195 e. The Kier molecular flexibility index (Phi) is 10.2. The van der Waals surface area contributed by atoms with E-state index in [9.17, 15) is 0 Å². The molecule has 0 saturated heterocycles. The third kappa shape index (κ3) is 7.49. The predicted molar refractivity (Wildman–Crippen MR) is 124 cm³/mol. The Morgan fingerprint density at radius 3 is 1.48 bits per heavy atom. The number of halogens is 1. The zero-order valence-corrected chi connectivity index (χ0v) is 17.7. The van der Waals surface area contributed by atoms with Crippen LogP contribution in [-0.2, 0) is 6.42 Å². The van der Waals surface area contributed by atoms with Gasteiger partial charge in [-0.1, -0.05) is 110 Å². The van der Waals surface area contributed by atoms with Gasteiger partial charge in [0.2, 0.25) is 0 Å². The number of unbranched alkanes of at least 4 members (excludes halogenated alkanes) is 4. The van der Waals surface area contributed by atoms with Gasteiger partial charge in [-0.2, -0.15) is 0 Å². The van der Waals surface area contributed by atoms with Gasteiger partial charge in [-0.25, -0.2) is 0 Å². The van der Waals surface area contributed by atoms with Gasteiger partial charge in [0.1, 0.15) is 0 Å². The third-order valence-electron chi connectivity index (χ3n) is 4.83. The van der Waals surface area contributed by atoms with Gasteiger partial charge < -0.3 is 0 Å². The second-order valence-electron chi connectivity index (χ2n) is 6.83. The molecule has 0 nitrogen and oxygen atoms in total. The first-order chi connectivity index (χ1) is 12.9. The Morgan fingerprint density at radius 1 is 0.481 bits per heavy atom. The van der Waals surface area contributed by atoms with Crippen molar-refractivity contribution in [3.63, 3.8) is 0 Å². The maximum absolute atomic E-state index is 2.30. The molecule has 0 N–H and O–H groups in total. The Morgan fingerprint density at radius 2 is 0.926 bits per heavy atom. The van der Waals surface area contributed by atoms with Crippen molar-refractivity contribution in [2.75, 3.05) is 6.16 Å². The van der Waals surface area contributed by atoms with Crippen LogP contribution in [-0.4, -0.2) is 6.16 Å². The normalized spacial score (nSPS) is 10.6. The summed E-state index contributed by atoms with van der Waals surface area (Å²) in [4.78, 5) is 0. The molecule has 0 aliphatic rings. The van der Waals surface area contributed by atoms with Crippen LogP contribution in [0.3, 0.4) is 0 Å². The second-order valence-corrected chi connectivity index (χ2v) is 9.16. The van der Waals surface area contributed by atoms with Crippen molar-refractivity contribution < 1.29 is 0 Å². The van der Waals surface area contributed by atoms with E-state index in [0.717, 1.165) is 0 Å². The lowest BCUT2D eigenvalue weighted by atomic mass is 10.1. The van der Waals surface area contributed by atoms with Crippen molar-refractivity contribution in [1.82, 2.24) is 0 Å². The molecule has 0 aromatic heterocycles. The van der Waals surface area contributed by atoms with Crippen molar-refractivity contribution in [2.24, 2.45) is 0 Å². The topological polar surface area (TPSA) is 0 Å². The van der Waals surface area contributed by atoms with E-state index >= 15 is 0 Å². The molecule has 3 rings (SSSR count). The number of hydrogen-bond donors (Lipinski definition) is 0. The van der Waals surface area contributed by atoms with Crippen LogP contribution in [0.25, 0.3) is 0 Å². The molecule has 0 aliphatic heterocycles. The molecule has 0 atom stereocenters. The van der Waals surface area contributed by atoms with Crippen LogP contribution in [0.4, 0.5) is 0 Å². The van der Waals surface area contributed by atoms with E-state index in [1.807, 2.05) is 0 Å². The van der Waals surface area contributed by atoms with Crippen LogP contribution >= 0.6 is 20.3 Å². The highest BCUT2D eigenvalue weighted by Gasteiger charge is 2.12. The van der Waals surface area contributed by atoms with E-state index in [-0.39, 0.29) is 20.3 Å². The highest BCUT2D eigenvalue weighted by Crippen LogP contribution is 2.34. The van der Waals surface area contributed by atoms with Crippen LogP contribution < -0.4 is 10.6 Å². The predicted octanol–water partition coefficient (Wildman–Crippen LogP) is 6.73. The van der Waals surface area contributed by atoms with Crippen molar-refractivity contribution in [2.45, 2.75) is 38.5 Å². The lowest BCUT2D eigenvalue weighted by Gasteiger charge is -2.18. The number of rotatable bonds is 10. The minimum Gasteiger partial charge on any atom is -0.147 e. The van der Waals surface area contributed by atoms with E-state index in [0.29, 0.717) is 0 Å². The lowest BCUT2D eigenvalue weighted by molar-refractivity contribution is 0.634. The Labute approximate surface area is 172 Å². The van der Waals surface area contributed by atoms with Crippen molar-refractivity contribution in [3.8, 4) is 0 Å². The molecule has 0 aliphatic carbocycles. The van der Waals surface area contributed by atoms with Crippen molar-refractivity contribution in [1.29, 1.82) is 0 Å². The highest BCUT2D eigenvalue weighted by atomic mass is 35.5. The fourth-order valence-electron chi connectivity index (χ4n) is 3.40. The van der Waals surface area contributed by atoms with Crippen LogP contribution in [0.2, 0.25) is 0 Å². The molecule has 0 unspecified atom stereocenters. The Bertz CT molecular complexity index is 689. The third-order valence-corrected chi connectivity index (χ3v) is 7.43. The van der Waals surface area contributed by atoms with Crippen molar-refractivity contribution >= 4 is 30.9 Å². The standard InChI is InChI=1S/C25H29P.ClH/c1(2-7-15-23-16-8-4-9-17-23)3-14-22-26(24-18-10-5-11-19-24)25-20-12-6-13-21-25;/h4-6,8-13,16-21H,1-3,7,14-15,22H2;1H. The zero-order chi connectivity index (χ0) is 17.9. The molecule has 2 heteroatoms. The Hall–Kier alpha value is -1.62. The average molecular weight is 397 g/mol. The van der Waals surface area contributed by atoms with Gasteiger partial charge in [0.05, 0.1) is 0 Å². The van der Waals surface area contributed by atoms with E-state index in [2.05, 4.69) is 91.0 Å². The maximum atomic E-state index is 2.30. The molecule has 27 heavy (non-hydrogen) atoms. The largest absolute Gasteiger partial charge is 0.147 e. The molecule has 142 valence electrons. The fraction of sp³-hybridized carbons (Fsp3) is 0.280. The molecule has 3 aromatic carbocycles. The summed E-state index contributed by atoms with van der Waals surface area (Å²) in [7, 11) is -0.212. The minimum atomic E-state index is -0.212. The molecule has 3 aromatic rings. The molecule has 0 heterocycles. The highest BCUT2D eigenvalue weighted by molar-refractivity contribution is 7.73. The van der Waals surface area contributed by atoms with Crippen LogP contribution in [0.5, 0.6) is 0 Å². The van der Waals surface area contributed by atoms with Gasteiger partial charge in [0, 0.05) is 0 Å². The summed E-state index contributed by atoms with van der Waals surface area (Å²) < 4.78 is 0. The summed E-state index contributed by atoms with van der Waals surface area (Å²) in [5, 5.41) is 3.02. The quantitative estimate of drug-likeness (QED) is 0.263. The second kappa shape index (κ2) is 12.7. The fourth-order valence-corrected chi connectivity index (χ4v) is 5.82. The summed E-state index contributed by atoms with van der Waals surface area (Å²) in [6.07, 6.45) is 9.25. The molecular weight excluding hydrogens is 367 g/mol. The van der Waals surface area contributed by atoms with Crippen LogP contribution in [0.15, 0.2) is 91.0 Å². The molecule has 0 spiro atoms. The molecule has 0 radical (unpaired) electrons. The lowest BCUT2D eigenvalue weighted by Crippen LogP contribution is -2.13. The SMILES string of the molecule is Cl.c1ccc(CCCCCCCP(c2ccccc2)c2ccccc2)cc1. The van der Waals surface area contributed by atoms with E-state index < -0.39 is 0 Å². The number of benzene rings is 3. The molecule has 0 amide bonds. The van der Waals surface area contributed by atoms with E-state index in [1.165, 1.54) is 60.9 Å². The molecule has 0 saturated carbocycles. The summed E-state index contributed by atoms with van der Waals surface area (Å²) in [6, 6.07) is 33.0. The van der Waals surface area contributed by atoms with E-state index in [1.54, 1.807) is 0 Å². The summed E-state index contributed by atoms with van der Waals surface area (Å²) in [5.41, 5.74) is 1.48. The molecule has 0 bridgehead atoms. The molecular formula is C25H30ClP. The van der Waals surface area contributed by atoms with Gasteiger partial charge >= 0.3 is 0 Å². The Balaban J connectivity index is 0.00000261. The summed E-state index contributed by atoms with van der Waals surface area (Å²) in [5.74, 6) is 0. The van der Waals surface area contributed by atoms with Crippen LogP contribution in [0, 0.1) is 0 Å². The van der Waals surface area contributed by atoms with Gasteiger partial charge in [-0.15, -0.1) is 12.4 Å². The van der Waals surface area contributed by atoms with E-state index in [4.69, 9.17) is 0 Å². The molecule has 0 fully saturated rings. The monoisotopic (exact) mass is 396 g/mol.